The lowest BCUT2D eigenvalue weighted by atomic mass is 10.2. The molecule has 1 aliphatic rings. The second-order valence-electron chi connectivity index (χ2n) is 4.48. The summed E-state index contributed by atoms with van der Waals surface area (Å²) in [6.07, 6.45) is 3.61. The first-order chi connectivity index (χ1) is 8.81. The number of hydrogen-bond donors (Lipinski definition) is 1. The molecule has 1 atom stereocenters. The van der Waals surface area contributed by atoms with Crippen molar-refractivity contribution in [2.75, 3.05) is 26.8 Å². The number of likely N-dealkylation sites (tertiary alicyclic amines) is 1. The molecule has 0 spiro atoms. The van der Waals surface area contributed by atoms with Gasteiger partial charge < -0.3 is 14.5 Å². The van der Waals surface area contributed by atoms with Crippen molar-refractivity contribution in [1.82, 2.24) is 10.2 Å². The van der Waals surface area contributed by atoms with E-state index in [1.54, 1.807) is 13.4 Å². The third-order valence-corrected chi connectivity index (χ3v) is 3.27. The molecule has 0 bridgehead atoms. The molecule has 1 aromatic rings. The molecule has 1 fully saturated rings. The van der Waals surface area contributed by atoms with E-state index in [1.165, 1.54) is 0 Å². The van der Waals surface area contributed by atoms with E-state index in [2.05, 4.69) is 10.2 Å². The number of amides is 1. The van der Waals surface area contributed by atoms with E-state index in [4.69, 9.17) is 9.15 Å². The number of nitrogens with zero attached hydrogens (tertiary/aromatic N) is 1. The molecule has 2 rings (SSSR count). The highest BCUT2D eigenvalue weighted by molar-refractivity contribution is 5.81. The van der Waals surface area contributed by atoms with E-state index in [0.29, 0.717) is 13.2 Å². The molecule has 0 aliphatic carbocycles. The molecule has 0 aromatic carbocycles. The SMILES string of the molecule is COCCN1CCC[C@H]1C(=O)NCc1ccco1. The highest BCUT2D eigenvalue weighted by Gasteiger charge is 2.29. The fraction of sp³-hybridized carbons (Fsp3) is 0.615. The van der Waals surface area contributed by atoms with Crippen molar-refractivity contribution < 1.29 is 13.9 Å². The normalized spacial score (nSPS) is 20.2. The number of carbonyl (C=O) groups excluding carboxylic acids is 1. The van der Waals surface area contributed by atoms with Crippen LogP contribution in [0.5, 0.6) is 0 Å². The minimum atomic E-state index is -0.0184. The van der Waals surface area contributed by atoms with Crippen LogP contribution >= 0.6 is 0 Å². The van der Waals surface area contributed by atoms with E-state index >= 15 is 0 Å². The summed E-state index contributed by atoms with van der Waals surface area (Å²) in [6.45, 7) is 2.92. The van der Waals surface area contributed by atoms with Crippen molar-refractivity contribution in [2.24, 2.45) is 0 Å². The van der Waals surface area contributed by atoms with Gasteiger partial charge in [-0.1, -0.05) is 0 Å². The Kier molecular flexibility index (Phi) is 4.78. The first-order valence-corrected chi connectivity index (χ1v) is 6.34. The van der Waals surface area contributed by atoms with Crippen molar-refractivity contribution in [3.63, 3.8) is 0 Å². The highest BCUT2D eigenvalue weighted by Crippen LogP contribution is 2.16. The van der Waals surface area contributed by atoms with Gasteiger partial charge in [0.05, 0.1) is 25.5 Å². The molecule has 0 saturated carbocycles. The summed E-state index contributed by atoms with van der Waals surface area (Å²) < 4.78 is 10.3. The molecular weight excluding hydrogens is 232 g/mol. The van der Waals surface area contributed by atoms with Crippen LogP contribution in [-0.2, 0) is 16.1 Å². The summed E-state index contributed by atoms with van der Waals surface area (Å²) in [5.74, 6) is 0.866. The highest BCUT2D eigenvalue weighted by atomic mass is 16.5. The van der Waals surface area contributed by atoms with Gasteiger partial charge in [0.25, 0.3) is 0 Å². The molecule has 1 aliphatic heterocycles. The number of rotatable bonds is 6. The second kappa shape index (κ2) is 6.56. The number of carbonyl (C=O) groups is 1. The number of methoxy groups -OCH3 is 1. The quantitative estimate of drug-likeness (QED) is 0.821. The molecule has 0 radical (unpaired) electrons. The lowest BCUT2D eigenvalue weighted by Gasteiger charge is -2.22. The maximum Gasteiger partial charge on any atom is 0.237 e. The van der Waals surface area contributed by atoms with Gasteiger partial charge in [0.1, 0.15) is 5.76 Å². The number of furan rings is 1. The summed E-state index contributed by atoms with van der Waals surface area (Å²) in [6, 6.07) is 3.66. The Morgan fingerprint density at radius 1 is 1.67 bits per heavy atom. The standard InChI is InChI=1S/C13H20N2O3/c1-17-9-7-15-6-2-5-12(15)13(16)14-10-11-4-3-8-18-11/h3-4,8,12H,2,5-7,9-10H2,1H3,(H,14,16)/t12-/m0/s1. The van der Waals surface area contributed by atoms with Crippen molar-refractivity contribution >= 4 is 5.91 Å². The lowest BCUT2D eigenvalue weighted by Crippen LogP contribution is -2.44. The maximum absolute atomic E-state index is 12.1. The monoisotopic (exact) mass is 252 g/mol. The largest absolute Gasteiger partial charge is 0.467 e. The minimum Gasteiger partial charge on any atom is -0.467 e. The summed E-state index contributed by atoms with van der Waals surface area (Å²) in [4.78, 5) is 14.3. The second-order valence-corrected chi connectivity index (χ2v) is 4.48. The average Bonchev–Trinajstić information content (AvgIpc) is 3.04. The van der Waals surface area contributed by atoms with Crippen LogP contribution in [0, 0.1) is 0 Å². The van der Waals surface area contributed by atoms with Gasteiger partial charge in [-0.15, -0.1) is 0 Å². The molecule has 100 valence electrons. The van der Waals surface area contributed by atoms with E-state index in [9.17, 15) is 4.79 Å². The van der Waals surface area contributed by atoms with Crippen molar-refractivity contribution in [1.29, 1.82) is 0 Å². The van der Waals surface area contributed by atoms with Crippen molar-refractivity contribution in [2.45, 2.75) is 25.4 Å². The predicted octanol–water partition coefficient (Wildman–Crippen LogP) is 1.01. The van der Waals surface area contributed by atoms with Gasteiger partial charge in [0.2, 0.25) is 5.91 Å². The molecule has 1 N–H and O–H groups in total. The molecule has 0 unspecified atom stereocenters. The van der Waals surface area contributed by atoms with Crippen LogP contribution < -0.4 is 5.32 Å². The molecule has 1 saturated heterocycles. The van der Waals surface area contributed by atoms with Gasteiger partial charge in [-0.3, -0.25) is 9.69 Å². The Labute approximate surface area is 107 Å². The molecule has 5 nitrogen and oxygen atoms in total. The van der Waals surface area contributed by atoms with Crippen LogP contribution in [0.2, 0.25) is 0 Å². The molecule has 18 heavy (non-hydrogen) atoms. The molecule has 1 aromatic heterocycles. The summed E-state index contributed by atoms with van der Waals surface area (Å²) in [5.41, 5.74) is 0. The summed E-state index contributed by atoms with van der Waals surface area (Å²) in [5, 5.41) is 2.92. The number of nitrogens with one attached hydrogen (secondary N) is 1. The maximum atomic E-state index is 12.1. The van der Waals surface area contributed by atoms with Crippen LogP contribution in [0.15, 0.2) is 22.8 Å². The first kappa shape index (κ1) is 13.1. The topological polar surface area (TPSA) is 54.7 Å². The van der Waals surface area contributed by atoms with E-state index in [0.717, 1.165) is 31.7 Å². The Hall–Kier alpha value is -1.33. The molecule has 1 amide bonds. The fourth-order valence-electron chi connectivity index (χ4n) is 2.30. The zero-order chi connectivity index (χ0) is 12.8. The van der Waals surface area contributed by atoms with Crippen molar-refractivity contribution in [3.8, 4) is 0 Å². The van der Waals surface area contributed by atoms with Crippen LogP contribution in [0.4, 0.5) is 0 Å². The summed E-state index contributed by atoms with van der Waals surface area (Å²) >= 11 is 0. The van der Waals surface area contributed by atoms with Crippen LogP contribution in [0.3, 0.4) is 0 Å². The fourth-order valence-corrected chi connectivity index (χ4v) is 2.30. The van der Waals surface area contributed by atoms with Gasteiger partial charge in [0.15, 0.2) is 0 Å². The van der Waals surface area contributed by atoms with E-state index in [-0.39, 0.29) is 11.9 Å². The Morgan fingerprint density at radius 2 is 2.56 bits per heavy atom. The van der Waals surface area contributed by atoms with Crippen molar-refractivity contribution in [3.05, 3.63) is 24.2 Å². The molecule has 5 heteroatoms. The Morgan fingerprint density at radius 3 is 3.28 bits per heavy atom. The van der Waals surface area contributed by atoms with Gasteiger partial charge in [-0.2, -0.15) is 0 Å². The molecular formula is C13H20N2O3. The van der Waals surface area contributed by atoms with Gasteiger partial charge >= 0.3 is 0 Å². The number of ether oxygens (including phenoxy) is 1. The van der Waals surface area contributed by atoms with Gasteiger partial charge in [-0.05, 0) is 31.5 Å². The zero-order valence-electron chi connectivity index (χ0n) is 10.7. The third-order valence-electron chi connectivity index (χ3n) is 3.27. The smallest absolute Gasteiger partial charge is 0.237 e. The molecule has 2 heterocycles. The zero-order valence-corrected chi connectivity index (χ0v) is 10.7. The number of hydrogen-bond acceptors (Lipinski definition) is 4. The van der Waals surface area contributed by atoms with Gasteiger partial charge in [0, 0.05) is 13.7 Å². The predicted molar refractivity (Wildman–Crippen MR) is 67.0 cm³/mol. The van der Waals surface area contributed by atoms with E-state index in [1.807, 2.05) is 12.1 Å². The summed E-state index contributed by atoms with van der Waals surface area (Å²) in [7, 11) is 1.68. The average molecular weight is 252 g/mol. The third kappa shape index (κ3) is 3.34. The van der Waals surface area contributed by atoms with Crippen LogP contribution in [-0.4, -0.2) is 43.7 Å². The minimum absolute atomic E-state index is 0.0184. The lowest BCUT2D eigenvalue weighted by molar-refractivity contribution is -0.125. The Balaban J connectivity index is 1.80. The first-order valence-electron chi connectivity index (χ1n) is 6.34. The van der Waals surface area contributed by atoms with Crippen LogP contribution in [0.25, 0.3) is 0 Å². The van der Waals surface area contributed by atoms with Crippen LogP contribution in [0.1, 0.15) is 18.6 Å². The van der Waals surface area contributed by atoms with E-state index < -0.39 is 0 Å². The van der Waals surface area contributed by atoms with Gasteiger partial charge in [-0.25, -0.2) is 0 Å². The Bertz CT molecular complexity index is 364.